The van der Waals surface area contributed by atoms with Crippen molar-refractivity contribution in [3.05, 3.63) is 28.8 Å². The van der Waals surface area contributed by atoms with Gasteiger partial charge < -0.3 is 16.4 Å². The lowest BCUT2D eigenvalue weighted by molar-refractivity contribution is -0.121. The summed E-state index contributed by atoms with van der Waals surface area (Å²) in [6, 6.07) is 5.01. The van der Waals surface area contributed by atoms with Crippen molar-refractivity contribution in [3.8, 4) is 0 Å². The Hall–Kier alpha value is -1.75. The van der Waals surface area contributed by atoms with Gasteiger partial charge in [0.2, 0.25) is 5.91 Å². The number of carbonyl (C=O) groups excluding carboxylic acids is 2. The van der Waals surface area contributed by atoms with Gasteiger partial charge >= 0.3 is 0 Å². The second kappa shape index (κ2) is 7.75. The van der Waals surface area contributed by atoms with E-state index in [-0.39, 0.29) is 35.8 Å². The van der Waals surface area contributed by atoms with Crippen molar-refractivity contribution in [1.29, 1.82) is 0 Å². The average molecular weight is 298 g/mol. The van der Waals surface area contributed by atoms with Crippen LogP contribution in [0.4, 0.5) is 5.69 Å². The predicted octanol–water partition coefficient (Wildman–Crippen LogP) is 1.96. The number of rotatable bonds is 6. The van der Waals surface area contributed by atoms with Gasteiger partial charge in [0.25, 0.3) is 5.91 Å². The predicted molar refractivity (Wildman–Crippen MR) is 80.7 cm³/mol. The molecule has 0 radical (unpaired) electrons. The van der Waals surface area contributed by atoms with Crippen molar-refractivity contribution < 1.29 is 9.59 Å². The first-order valence-electron chi connectivity index (χ1n) is 6.57. The summed E-state index contributed by atoms with van der Waals surface area (Å²) < 4.78 is 0. The standard InChI is InChI=1S/C14H20ClN3O2/c1-3-9(2)18-12(19)7-8-17-14(20)10-5-4-6-11(16)13(10)15/h4-6,9H,3,7-8,16H2,1-2H3,(H,17,20)(H,18,19). The quantitative estimate of drug-likeness (QED) is 0.702. The number of amides is 2. The number of nitrogen functional groups attached to an aromatic ring is 1. The molecule has 0 bridgehead atoms. The van der Waals surface area contributed by atoms with Crippen LogP contribution < -0.4 is 16.4 Å². The van der Waals surface area contributed by atoms with Crippen LogP contribution in [0.3, 0.4) is 0 Å². The fourth-order valence-electron chi connectivity index (χ4n) is 1.56. The molecule has 0 spiro atoms. The van der Waals surface area contributed by atoms with Crippen molar-refractivity contribution in [2.24, 2.45) is 0 Å². The average Bonchev–Trinajstić information content (AvgIpc) is 2.41. The highest BCUT2D eigenvalue weighted by Crippen LogP contribution is 2.22. The largest absolute Gasteiger partial charge is 0.398 e. The first kappa shape index (κ1) is 16.3. The molecular weight excluding hydrogens is 278 g/mol. The van der Waals surface area contributed by atoms with E-state index in [4.69, 9.17) is 17.3 Å². The molecular formula is C14H20ClN3O2. The van der Waals surface area contributed by atoms with Gasteiger partial charge in [-0.2, -0.15) is 0 Å². The third kappa shape index (κ3) is 4.74. The molecule has 0 aliphatic carbocycles. The molecule has 1 aromatic rings. The zero-order valence-corrected chi connectivity index (χ0v) is 12.5. The fraction of sp³-hybridized carbons (Fsp3) is 0.429. The first-order valence-corrected chi connectivity index (χ1v) is 6.95. The maximum atomic E-state index is 11.9. The molecule has 0 aromatic heterocycles. The molecule has 0 heterocycles. The second-order valence-corrected chi connectivity index (χ2v) is 4.97. The number of halogens is 1. The van der Waals surface area contributed by atoms with Crippen LogP contribution in [-0.4, -0.2) is 24.4 Å². The van der Waals surface area contributed by atoms with Crippen LogP contribution in [0.15, 0.2) is 18.2 Å². The minimum atomic E-state index is -0.335. The molecule has 2 amide bonds. The smallest absolute Gasteiger partial charge is 0.252 e. The Bertz CT molecular complexity index is 491. The van der Waals surface area contributed by atoms with Crippen LogP contribution >= 0.6 is 11.6 Å². The highest BCUT2D eigenvalue weighted by Gasteiger charge is 2.12. The van der Waals surface area contributed by atoms with Crippen molar-refractivity contribution in [2.45, 2.75) is 32.7 Å². The molecule has 1 atom stereocenters. The molecule has 0 fully saturated rings. The number of nitrogens with two attached hydrogens (primary N) is 1. The number of hydrogen-bond donors (Lipinski definition) is 3. The highest BCUT2D eigenvalue weighted by atomic mass is 35.5. The van der Waals surface area contributed by atoms with E-state index in [0.717, 1.165) is 6.42 Å². The van der Waals surface area contributed by atoms with Crippen LogP contribution in [-0.2, 0) is 4.79 Å². The number of hydrogen-bond acceptors (Lipinski definition) is 3. The summed E-state index contributed by atoms with van der Waals surface area (Å²) in [5, 5.41) is 5.71. The molecule has 6 heteroatoms. The minimum absolute atomic E-state index is 0.0849. The molecule has 5 nitrogen and oxygen atoms in total. The number of benzene rings is 1. The van der Waals surface area contributed by atoms with Gasteiger partial charge in [0.05, 0.1) is 16.3 Å². The molecule has 20 heavy (non-hydrogen) atoms. The van der Waals surface area contributed by atoms with Crippen molar-refractivity contribution in [1.82, 2.24) is 10.6 Å². The van der Waals surface area contributed by atoms with Crippen LogP contribution in [0.1, 0.15) is 37.0 Å². The molecule has 1 unspecified atom stereocenters. The minimum Gasteiger partial charge on any atom is -0.398 e. The number of carbonyl (C=O) groups is 2. The fourth-order valence-corrected chi connectivity index (χ4v) is 1.77. The van der Waals surface area contributed by atoms with Gasteiger partial charge in [-0.05, 0) is 25.5 Å². The number of anilines is 1. The van der Waals surface area contributed by atoms with Gasteiger partial charge in [0, 0.05) is 19.0 Å². The van der Waals surface area contributed by atoms with E-state index in [1.165, 1.54) is 0 Å². The van der Waals surface area contributed by atoms with E-state index in [0.29, 0.717) is 11.3 Å². The molecule has 0 saturated heterocycles. The lowest BCUT2D eigenvalue weighted by atomic mass is 10.2. The summed E-state index contributed by atoms with van der Waals surface area (Å²) in [6.45, 7) is 4.18. The Labute approximate surface area is 123 Å². The summed E-state index contributed by atoms with van der Waals surface area (Å²) in [6.07, 6.45) is 1.10. The maximum absolute atomic E-state index is 11.9. The SMILES string of the molecule is CCC(C)NC(=O)CCNC(=O)c1cccc(N)c1Cl. The van der Waals surface area contributed by atoms with Crippen LogP contribution in [0, 0.1) is 0 Å². The summed E-state index contributed by atoms with van der Waals surface area (Å²) in [5.74, 6) is -0.419. The van der Waals surface area contributed by atoms with E-state index in [9.17, 15) is 9.59 Å². The molecule has 4 N–H and O–H groups in total. The second-order valence-electron chi connectivity index (χ2n) is 4.59. The molecule has 0 aliphatic heterocycles. The Balaban J connectivity index is 2.44. The van der Waals surface area contributed by atoms with E-state index in [1.807, 2.05) is 13.8 Å². The van der Waals surface area contributed by atoms with Gasteiger partial charge in [0.15, 0.2) is 0 Å². The molecule has 0 saturated carbocycles. The van der Waals surface area contributed by atoms with Crippen molar-refractivity contribution in [2.75, 3.05) is 12.3 Å². The molecule has 0 aliphatic rings. The van der Waals surface area contributed by atoms with Crippen LogP contribution in [0.2, 0.25) is 5.02 Å². The van der Waals surface area contributed by atoms with E-state index >= 15 is 0 Å². The monoisotopic (exact) mass is 297 g/mol. The summed E-state index contributed by atoms with van der Waals surface area (Å²) >= 11 is 5.95. The van der Waals surface area contributed by atoms with Crippen LogP contribution in [0.25, 0.3) is 0 Å². The number of nitrogens with one attached hydrogen (secondary N) is 2. The van der Waals surface area contributed by atoms with E-state index < -0.39 is 0 Å². The van der Waals surface area contributed by atoms with Crippen molar-refractivity contribution in [3.63, 3.8) is 0 Å². The van der Waals surface area contributed by atoms with Gasteiger partial charge in [-0.25, -0.2) is 0 Å². The lowest BCUT2D eigenvalue weighted by Gasteiger charge is -2.12. The van der Waals surface area contributed by atoms with Gasteiger partial charge in [-0.3, -0.25) is 9.59 Å². The van der Waals surface area contributed by atoms with E-state index in [2.05, 4.69) is 10.6 Å². The summed E-state index contributed by atoms with van der Waals surface area (Å²) in [4.78, 5) is 23.4. The summed E-state index contributed by atoms with van der Waals surface area (Å²) in [7, 11) is 0. The topological polar surface area (TPSA) is 84.2 Å². The van der Waals surface area contributed by atoms with Gasteiger partial charge in [-0.15, -0.1) is 0 Å². The highest BCUT2D eigenvalue weighted by molar-refractivity contribution is 6.36. The maximum Gasteiger partial charge on any atom is 0.252 e. The van der Waals surface area contributed by atoms with E-state index in [1.54, 1.807) is 18.2 Å². The molecule has 1 aromatic carbocycles. The Morgan fingerprint density at radius 1 is 1.40 bits per heavy atom. The third-order valence-corrected chi connectivity index (χ3v) is 3.35. The van der Waals surface area contributed by atoms with Gasteiger partial charge in [0.1, 0.15) is 0 Å². The van der Waals surface area contributed by atoms with Crippen LogP contribution in [0.5, 0.6) is 0 Å². The normalized spacial score (nSPS) is 11.8. The zero-order chi connectivity index (χ0) is 15.1. The Kier molecular flexibility index (Phi) is 6.31. The summed E-state index contributed by atoms with van der Waals surface area (Å²) in [5.41, 5.74) is 6.30. The Morgan fingerprint density at radius 3 is 2.75 bits per heavy atom. The zero-order valence-electron chi connectivity index (χ0n) is 11.7. The molecule has 110 valence electrons. The third-order valence-electron chi connectivity index (χ3n) is 2.93. The molecule has 1 rings (SSSR count). The first-order chi connectivity index (χ1) is 9.45. The Morgan fingerprint density at radius 2 is 2.10 bits per heavy atom. The lowest BCUT2D eigenvalue weighted by Crippen LogP contribution is -2.35. The van der Waals surface area contributed by atoms with Gasteiger partial charge in [-0.1, -0.05) is 24.6 Å². The van der Waals surface area contributed by atoms with Crippen molar-refractivity contribution >= 4 is 29.1 Å².